The van der Waals surface area contributed by atoms with Crippen molar-refractivity contribution >= 4 is 17.5 Å². The fraction of sp³-hybridized carbons (Fsp3) is 0.467. The highest BCUT2D eigenvalue weighted by atomic mass is 19.1. The van der Waals surface area contributed by atoms with Gasteiger partial charge in [0.15, 0.2) is 0 Å². The molecule has 0 heterocycles. The van der Waals surface area contributed by atoms with Crippen molar-refractivity contribution < 1.29 is 23.5 Å². The van der Waals surface area contributed by atoms with Crippen LogP contribution in [0.3, 0.4) is 0 Å². The van der Waals surface area contributed by atoms with E-state index in [1.165, 1.54) is 0 Å². The molecule has 1 aliphatic carbocycles. The first kappa shape index (κ1) is 16.4. The van der Waals surface area contributed by atoms with Crippen LogP contribution in [0.2, 0.25) is 0 Å². The van der Waals surface area contributed by atoms with E-state index in [0.717, 1.165) is 37.8 Å². The number of nitrogens with one attached hydrogen (secondary N) is 2. The van der Waals surface area contributed by atoms with Gasteiger partial charge in [0.1, 0.15) is 11.6 Å². The molecule has 3 N–H and O–H groups in total. The quantitative estimate of drug-likeness (QED) is 0.739. The third-order valence-electron chi connectivity index (χ3n) is 3.80. The summed E-state index contributed by atoms with van der Waals surface area (Å²) >= 11 is 0. The molecule has 7 heteroatoms. The molecule has 2 rings (SSSR count). The smallest absolute Gasteiger partial charge is 0.313 e. The van der Waals surface area contributed by atoms with Gasteiger partial charge in [-0.1, -0.05) is 12.8 Å². The Morgan fingerprint density at radius 1 is 1.23 bits per heavy atom. The normalized spacial score (nSPS) is 16.3. The summed E-state index contributed by atoms with van der Waals surface area (Å²) in [6, 6.07) is 2.61. The van der Waals surface area contributed by atoms with Crippen LogP contribution in [0.15, 0.2) is 18.2 Å². The van der Waals surface area contributed by atoms with Crippen molar-refractivity contribution in [1.29, 1.82) is 0 Å². The van der Waals surface area contributed by atoms with Gasteiger partial charge in [-0.05, 0) is 30.9 Å². The third-order valence-corrected chi connectivity index (χ3v) is 3.80. The SMILES string of the molecule is O=C(NCC(O)C1CCCC1)C(=O)Nc1ccc(F)cc1F. The lowest BCUT2D eigenvalue weighted by Gasteiger charge is -2.17. The van der Waals surface area contributed by atoms with E-state index in [4.69, 9.17) is 0 Å². The second-order valence-corrected chi connectivity index (χ2v) is 5.40. The zero-order valence-corrected chi connectivity index (χ0v) is 11.9. The van der Waals surface area contributed by atoms with E-state index in [-0.39, 0.29) is 18.2 Å². The number of hydrogen-bond donors (Lipinski definition) is 3. The van der Waals surface area contributed by atoms with Crippen molar-refractivity contribution in [1.82, 2.24) is 5.32 Å². The number of amides is 2. The minimum absolute atomic E-state index is 0.0250. The van der Waals surface area contributed by atoms with Crippen molar-refractivity contribution in [3.63, 3.8) is 0 Å². The summed E-state index contributed by atoms with van der Waals surface area (Å²) in [6.07, 6.45) is 3.23. The maximum Gasteiger partial charge on any atom is 0.313 e. The molecule has 0 spiro atoms. The Kier molecular flexibility index (Phi) is 5.43. The minimum atomic E-state index is -1.07. The summed E-state index contributed by atoms with van der Waals surface area (Å²) in [5.74, 6) is -3.64. The maximum absolute atomic E-state index is 13.4. The predicted octanol–water partition coefficient (Wildman–Crippen LogP) is 1.57. The van der Waals surface area contributed by atoms with Crippen LogP contribution in [0.1, 0.15) is 25.7 Å². The number of benzene rings is 1. The van der Waals surface area contributed by atoms with Crippen molar-refractivity contribution in [2.45, 2.75) is 31.8 Å². The number of halogens is 2. The highest BCUT2D eigenvalue weighted by Crippen LogP contribution is 2.27. The van der Waals surface area contributed by atoms with Crippen LogP contribution in [0.25, 0.3) is 0 Å². The number of carbonyl (C=O) groups excluding carboxylic acids is 2. The molecule has 1 atom stereocenters. The van der Waals surface area contributed by atoms with Gasteiger partial charge in [-0.15, -0.1) is 0 Å². The number of carbonyl (C=O) groups is 2. The van der Waals surface area contributed by atoms with Crippen LogP contribution in [0.5, 0.6) is 0 Å². The molecule has 1 fully saturated rings. The van der Waals surface area contributed by atoms with Gasteiger partial charge in [0.25, 0.3) is 0 Å². The molecule has 1 aromatic rings. The van der Waals surface area contributed by atoms with Gasteiger partial charge in [0.05, 0.1) is 11.8 Å². The highest BCUT2D eigenvalue weighted by molar-refractivity contribution is 6.39. The first-order chi connectivity index (χ1) is 10.5. The standard InChI is InChI=1S/C15H18F2N2O3/c16-10-5-6-12(11(17)7-10)19-15(22)14(21)18-8-13(20)9-3-1-2-4-9/h5-7,9,13,20H,1-4,8H2,(H,18,21)(H,19,22). The molecule has 1 unspecified atom stereocenters. The molecule has 0 radical (unpaired) electrons. The molecule has 0 bridgehead atoms. The highest BCUT2D eigenvalue weighted by Gasteiger charge is 2.24. The summed E-state index contributed by atoms with van der Waals surface area (Å²) in [5, 5.41) is 14.3. The average Bonchev–Trinajstić information content (AvgIpc) is 3.01. The van der Waals surface area contributed by atoms with Gasteiger partial charge < -0.3 is 15.7 Å². The first-order valence-corrected chi connectivity index (χ1v) is 7.19. The second-order valence-electron chi connectivity index (χ2n) is 5.40. The Morgan fingerprint density at radius 3 is 2.55 bits per heavy atom. The summed E-state index contributed by atoms with van der Waals surface area (Å²) in [7, 11) is 0. The molecule has 0 aromatic heterocycles. The number of aliphatic hydroxyl groups is 1. The van der Waals surface area contributed by atoms with Crippen LogP contribution in [-0.2, 0) is 9.59 Å². The first-order valence-electron chi connectivity index (χ1n) is 7.19. The van der Waals surface area contributed by atoms with Crippen molar-refractivity contribution in [2.24, 2.45) is 5.92 Å². The van der Waals surface area contributed by atoms with Gasteiger partial charge in [-0.25, -0.2) is 8.78 Å². The number of anilines is 1. The molecule has 1 aromatic carbocycles. The van der Waals surface area contributed by atoms with E-state index in [0.29, 0.717) is 6.07 Å². The zero-order valence-electron chi connectivity index (χ0n) is 11.9. The summed E-state index contributed by atoms with van der Waals surface area (Å²) in [6.45, 7) is -0.0250. The molecule has 2 amide bonds. The Balaban J connectivity index is 1.82. The summed E-state index contributed by atoms with van der Waals surface area (Å²) in [5.41, 5.74) is -0.280. The van der Waals surface area contributed by atoms with Crippen molar-refractivity contribution in [3.05, 3.63) is 29.8 Å². The van der Waals surface area contributed by atoms with Gasteiger partial charge in [0, 0.05) is 12.6 Å². The molecule has 1 aliphatic rings. The van der Waals surface area contributed by atoms with E-state index in [1.54, 1.807) is 0 Å². The van der Waals surface area contributed by atoms with Gasteiger partial charge >= 0.3 is 11.8 Å². The molecule has 120 valence electrons. The molecule has 5 nitrogen and oxygen atoms in total. The van der Waals surface area contributed by atoms with Gasteiger partial charge in [-0.2, -0.15) is 0 Å². The van der Waals surface area contributed by atoms with Crippen LogP contribution >= 0.6 is 0 Å². The summed E-state index contributed by atoms with van der Waals surface area (Å²) < 4.78 is 26.1. The fourth-order valence-electron chi connectivity index (χ4n) is 2.56. The Bertz CT molecular complexity index is 560. The third kappa shape index (κ3) is 4.24. The lowest BCUT2D eigenvalue weighted by molar-refractivity contribution is -0.136. The molecular formula is C15H18F2N2O3. The second kappa shape index (κ2) is 7.31. The van der Waals surface area contributed by atoms with Crippen LogP contribution < -0.4 is 10.6 Å². The van der Waals surface area contributed by atoms with E-state index in [1.807, 2.05) is 0 Å². The summed E-state index contributed by atoms with van der Waals surface area (Å²) in [4.78, 5) is 23.2. The fourth-order valence-corrected chi connectivity index (χ4v) is 2.56. The maximum atomic E-state index is 13.4. The molecular weight excluding hydrogens is 294 g/mol. The van der Waals surface area contributed by atoms with Crippen LogP contribution in [0.4, 0.5) is 14.5 Å². The van der Waals surface area contributed by atoms with E-state index in [2.05, 4.69) is 10.6 Å². The van der Waals surface area contributed by atoms with Gasteiger partial charge in [0.2, 0.25) is 0 Å². The predicted molar refractivity (Wildman–Crippen MR) is 76.0 cm³/mol. The average molecular weight is 312 g/mol. The lowest BCUT2D eigenvalue weighted by Crippen LogP contribution is -2.41. The van der Waals surface area contributed by atoms with Crippen LogP contribution in [-0.4, -0.2) is 29.6 Å². The number of aliphatic hydroxyl groups excluding tert-OH is 1. The van der Waals surface area contributed by atoms with E-state index < -0.39 is 29.6 Å². The molecule has 22 heavy (non-hydrogen) atoms. The Labute approximate surface area is 126 Å². The largest absolute Gasteiger partial charge is 0.391 e. The minimum Gasteiger partial charge on any atom is -0.391 e. The number of hydrogen-bond acceptors (Lipinski definition) is 3. The monoisotopic (exact) mass is 312 g/mol. The van der Waals surface area contributed by atoms with Crippen molar-refractivity contribution in [2.75, 3.05) is 11.9 Å². The Hall–Kier alpha value is -2.02. The Morgan fingerprint density at radius 2 is 1.91 bits per heavy atom. The molecule has 1 saturated carbocycles. The topological polar surface area (TPSA) is 78.4 Å². The molecule has 0 saturated heterocycles. The number of rotatable bonds is 4. The van der Waals surface area contributed by atoms with Crippen LogP contribution in [0, 0.1) is 17.6 Å². The van der Waals surface area contributed by atoms with E-state index in [9.17, 15) is 23.5 Å². The van der Waals surface area contributed by atoms with Gasteiger partial charge in [-0.3, -0.25) is 9.59 Å². The van der Waals surface area contributed by atoms with E-state index >= 15 is 0 Å². The zero-order chi connectivity index (χ0) is 16.1. The molecule has 0 aliphatic heterocycles. The van der Waals surface area contributed by atoms with Crippen molar-refractivity contribution in [3.8, 4) is 0 Å². The lowest BCUT2D eigenvalue weighted by atomic mass is 10.0.